The first kappa shape index (κ1) is 24.3. The molecule has 1 aliphatic rings. The lowest BCUT2D eigenvalue weighted by molar-refractivity contribution is -0.120. The Balaban J connectivity index is 1.58. The molecule has 5 nitrogen and oxygen atoms in total. The van der Waals surface area contributed by atoms with Gasteiger partial charge in [0.25, 0.3) is 10.0 Å². The molecule has 4 rings (SSSR count). The number of hydrogen-bond acceptors (Lipinski definition) is 3. The van der Waals surface area contributed by atoms with Crippen molar-refractivity contribution in [2.24, 2.45) is 0 Å². The zero-order chi connectivity index (χ0) is 24.3. The van der Waals surface area contributed by atoms with Crippen molar-refractivity contribution >= 4 is 33.2 Å². The van der Waals surface area contributed by atoms with Gasteiger partial charge in [-0.15, -0.1) is 0 Å². The molecular formula is C27H29ClN2O3S. The maximum atomic E-state index is 13.6. The van der Waals surface area contributed by atoms with Crippen LogP contribution in [0, 0.1) is 6.92 Å². The van der Waals surface area contributed by atoms with Crippen LogP contribution >= 0.6 is 11.6 Å². The summed E-state index contributed by atoms with van der Waals surface area (Å²) >= 11 is 5.96. The molecule has 0 spiro atoms. The van der Waals surface area contributed by atoms with Crippen LogP contribution in [-0.2, 0) is 27.7 Å². The van der Waals surface area contributed by atoms with Crippen LogP contribution in [0.25, 0.3) is 0 Å². The fourth-order valence-corrected chi connectivity index (χ4v) is 6.01. The van der Waals surface area contributed by atoms with E-state index in [-0.39, 0.29) is 23.4 Å². The van der Waals surface area contributed by atoms with E-state index in [9.17, 15) is 13.2 Å². The van der Waals surface area contributed by atoms with E-state index in [1.54, 1.807) is 12.1 Å². The molecule has 3 aromatic carbocycles. The fraction of sp³-hybridized carbons (Fsp3) is 0.296. The zero-order valence-electron chi connectivity index (χ0n) is 19.4. The number of fused-ring (bicyclic) bond motifs is 1. The molecule has 0 bridgehead atoms. The Labute approximate surface area is 206 Å². The van der Waals surface area contributed by atoms with E-state index in [2.05, 4.69) is 23.5 Å². The minimum atomic E-state index is -3.99. The maximum absolute atomic E-state index is 13.6. The highest BCUT2D eigenvalue weighted by Gasteiger charge is 2.28. The molecule has 0 aliphatic heterocycles. The molecule has 3 aromatic rings. The molecule has 0 aromatic heterocycles. The summed E-state index contributed by atoms with van der Waals surface area (Å²) in [6.45, 7) is 3.42. The van der Waals surface area contributed by atoms with E-state index in [1.165, 1.54) is 52.5 Å². The largest absolute Gasteiger partial charge is 0.348 e. The van der Waals surface area contributed by atoms with Gasteiger partial charge in [-0.2, -0.15) is 0 Å². The van der Waals surface area contributed by atoms with Gasteiger partial charge in [0.15, 0.2) is 0 Å². The monoisotopic (exact) mass is 496 g/mol. The minimum Gasteiger partial charge on any atom is -0.348 e. The first-order valence-electron chi connectivity index (χ1n) is 11.5. The number of halogens is 1. The number of nitrogens with zero attached hydrogens (tertiary/aromatic N) is 1. The highest BCUT2D eigenvalue weighted by Crippen LogP contribution is 2.28. The molecule has 1 atom stereocenters. The molecule has 34 heavy (non-hydrogen) atoms. The number of carbonyl (C=O) groups is 1. The highest BCUT2D eigenvalue weighted by molar-refractivity contribution is 7.92. The Morgan fingerprint density at radius 1 is 1.00 bits per heavy atom. The summed E-state index contributed by atoms with van der Waals surface area (Å²) in [7, 11) is -3.99. The first-order valence-corrected chi connectivity index (χ1v) is 13.3. The van der Waals surface area contributed by atoms with Gasteiger partial charge in [-0.3, -0.25) is 9.10 Å². The summed E-state index contributed by atoms with van der Waals surface area (Å²) in [6.07, 6.45) is 4.56. The molecule has 7 heteroatoms. The number of rotatable bonds is 7. The molecule has 0 fully saturated rings. The zero-order valence-corrected chi connectivity index (χ0v) is 21.0. The minimum absolute atomic E-state index is 0.0793. The molecule has 0 saturated heterocycles. The third-order valence-electron chi connectivity index (χ3n) is 6.32. The third kappa shape index (κ3) is 5.29. The molecule has 0 unspecified atom stereocenters. The van der Waals surface area contributed by atoms with E-state index in [1.807, 2.05) is 26.0 Å². The fourth-order valence-electron chi connectivity index (χ4n) is 4.40. The van der Waals surface area contributed by atoms with Crippen LogP contribution in [0.3, 0.4) is 0 Å². The van der Waals surface area contributed by atoms with Crippen LogP contribution in [-0.4, -0.2) is 20.9 Å². The standard InChI is InChI=1S/C27H29ClN2O3S/c1-19-7-3-6-10-26(19)30(34(32,33)25-15-13-24(28)14-16-25)18-27(31)29-20(2)22-12-11-21-8-4-5-9-23(21)17-22/h3,6-7,10-17,20H,4-5,8-9,18H2,1-2H3,(H,29,31)/t20-/m0/s1. The first-order chi connectivity index (χ1) is 16.3. The van der Waals surface area contributed by atoms with E-state index < -0.39 is 10.0 Å². The van der Waals surface area contributed by atoms with Crippen LogP contribution in [0.2, 0.25) is 5.02 Å². The van der Waals surface area contributed by atoms with Crippen molar-refractivity contribution < 1.29 is 13.2 Å². The third-order valence-corrected chi connectivity index (χ3v) is 8.35. The van der Waals surface area contributed by atoms with Crippen LogP contribution < -0.4 is 9.62 Å². The number of amides is 1. The number of sulfonamides is 1. The number of carbonyl (C=O) groups excluding carboxylic acids is 1. The van der Waals surface area contributed by atoms with E-state index in [0.717, 1.165) is 24.0 Å². The van der Waals surface area contributed by atoms with Crippen molar-refractivity contribution in [2.45, 2.75) is 50.5 Å². The maximum Gasteiger partial charge on any atom is 0.264 e. The Kier molecular flexibility index (Phi) is 7.29. The smallest absolute Gasteiger partial charge is 0.264 e. The second-order valence-electron chi connectivity index (χ2n) is 8.78. The molecule has 0 saturated carbocycles. The van der Waals surface area contributed by atoms with Crippen LogP contribution in [0.5, 0.6) is 0 Å². The molecule has 1 aliphatic carbocycles. The number of para-hydroxylation sites is 1. The van der Waals surface area contributed by atoms with Gasteiger partial charge in [0.1, 0.15) is 6.54 Å². The van der Waals surface area contributed by atoms with Crippen molar-refractivity contribution in [3.63, 3.8) is 0 Å². The second kappa shape index (κ2) is 10.2. The average molecular weight is 497 g/mol. The van der Waals surface area contributed by atoms with Crippen molar-refractivity contribution in [2.75, 3.05) is 10.8 Å². The average Bonchev–Trinajstić information content (AvgIpc) is 2.83. The summed E-state index contributed by atoms with van der Waals surface area (Å²) in [4.78, 5) is 13.2. The second-order valence-corrected chi connectivity index (χ2v) is 11.1. The number of aryl methyl sites for hydroxylation is 3. The van der Waals surface area contributed by atoms with Gasteiger partial charge in [-0.25, -0.2) is 8.42 Å². The Hall–Kier alpha value is -2.83. The number of hydrogen-bond donors (Lipinski definition) is 1. The van der Waals surface area contributed by atoms with Crippen LogP contribution in [0.4, 0.5) is 5.69 Å². The molecule has 1 amide bonds. The van der Waals surface area contributed by atoms with E-state index >= 15 is 0 Å². The van der Waals surface area contributed by atoms with Crippen molar-refractivity contribution in [3.8, 4) is 0 Å². The Morgan fingerprint density at radius 3 is 2.38 bits per heavy atom. The summed E-state index contributed by atoms with van der Waals surface area (Å²) in [6, 6.07) is 19.2. The van der Waals surface area contributed by atoms with Gasteiger partial charge in [0.05, 0.1) is 16.6 Å². The normalized spacial score (nSPS) is 14.2. The lowest BCUT2D eigenvalue weighted by atomic mass is 9.89. The van der Waals surface area contributed by atoms with Crippen molar-refractivity contribution in [1.29, 1.82) is 0 Å². The summed E-state index contributed by atoms with van der Waals surface area (Å²) < 4.78 is 28.3. The summed E-state index contributed by atoms with van der Waals surface area (Å²) in [5.74, 6) is -0.369. The summed E-state index contributed by atoms with van der Waals surface area (Å²) in [5.41, 5.74) is 4.98. The quantitative estimate of drug-likeness (QED) is 0.463. The number of anilines is 1. The lowest BCUT2D eigenvalue weighted by Gasteiger charge is -2.26. The van der Waals surface area contributed by atoms with Crippen molar-refractivity contribution in [1.82, 2.24) is 5.32 Å². The van der Waals surface area contributed by atoms with Gasteiger partial charge in [0, 0.05) is 5.02 Å². The molecule has 0 heterocycles. The van der Waals surface area contributed by atoms with E-state index in [0.29, 0.717) is 10.7 Å². The summed E-state index contributed by atoms with van der Waals surface area (Å²) in [5, 5.41) is 3.43. The topological polar surface area (TPSA) is 66.5 Å². The van der Waals surface area contributed by atoms with Gasteiger partial charge in [0.2, 0.25) is 5.91 Å². The van der Waals surface area contributed by atoms with E-state index in [4.69, 9.17) is 11.6 Å². The Morgan fingerprint density at radius 2 is 1.68 bits per heavy atom. The number of benzene rings is 3. The lowest BCUT2D eigenvalue weighted by Crippen LogP contribution is -2.42. The predicted molar refractivity (Wildman–Crippen MR) is 137 cm³/mol. The molecule has 1 N–H and O–H groups in total. The van der Waals surface area contributed by atoms with Crippen LogP contribution in [0.1, 0.15) is 48.1 Å². The van der Waals surface area contributed by atoms with Gasteiger partial charge in [-0.05, 0) is 92.1 Å². The van der Waals surface area contributed by atoms with Gasteiger partial charge < -0.3 is 5.32 Å². The van der Waals surface area contributed by atoms with Crippen molar-refractivity contribution in [3.05, 3.63) is 94.0 Å². The predicted octanol–water partition coefficient (Wildman–Crippen LogP) is 5.60. The molecule has 0 radical (unpaired) electrons. The molecular weight excluding hydrogens is 468 g/mol. The SMILES string of the molecule is Cc1ccccc1N(CC(=O)N[C@@H](C)c1ccc2c(c1)CCCC2)S(=O)(=O)c1ccc(Cl)cc1. The Bertz CT molecular complexity index is 1290. The van der Waals surface area contributed by atoms with Gasteiger partial charge in [-0.1, -0.05) is 48.0 Å². The number of nitrogens with one attached hydrogen (secondary N) is 1. The molecule has 178 valence electrons. The van der Waals surface area contributed by atoms with Crippen LogP contribution in [0.15, 0.2) is 71.6 Å². The highest BCUT2D eigenvalue weighted by atomic mass is 35.5. The van der Waals surface area contributed by atoms with Gasteiger partial charge >= 0.3 is 0 Å².